The molecule has 0 atom stereocenters. The molecule has 1 amide bonds. The highest BCUT2D eigenvalue weighted by Gasteiger charge is 2.38. The average molecular weight is 335 g/mol. The molecule has 1 aromatic carbocycles. The zero-order valence-corrected chi connectivity index (χ0v) is 13.1. The molecule has 106 valence electrons. The SMILES string of the molecule is N#CC1(C(=O)NCc2ccccc2Br)CCCCCC1. The summed E-state index contributed by atoms with van der Waals surface area (Å²) in [7, 11) is 0. The summed E-state index contributed by atoms with van der Waals surface area (Å²) in [4.78, 5) is 12.4. The first-order valence-electron chi connectivity index (χ1n) is 7.11. The van der Waals surface area contributed by atoms with Crippen molar-refractivity contribution in [1.82, 2.24) is 5.32 Å². The van der Waals surface area contributed by atoms with Gasteiger partial charge < -0.3 is 5.32 Å². The minimum absolute atomic E-state index is 0.113. The van der Waals surface area contributed by atoms with Crippen LogP contribution < -0.4 is 5.32 Å². The molecule has 4 heteroatoms. The van der Waals surface area contributed by atoms with Gasteiger partial charge in [-0.15, -0.1) is 0 Å². The highest BCUT2D eigenvalue weighted by Crippen LogP contribution is 2.34. The molecule has 0 bridgehead atoms. The van der Waals surface area contributed by atoms with Crippen LogP contribution in [0.3, 0.4) is 0 Å². The molecule has 1 aliphatic rings. The van der Waals surface area contributed by atoms with Gasteiger partial charge in [0.1, 0.15) is 5.41 Å². The topological polar surface area (TPSA) is 52.9 Å². The Morgan fingerprint density at radius 1 is 1.25 bits per heavy atom. The van der Waals surface area contributed by atoms with Crippen LogP contribution in [-0.4, -0.2) is 5.91 Å². The van der Waals surface area contributed by atoms with Crippen molar-refractivity contribution in [2.75, 3.05) is 0 Å². The molecule has 1 fully saturated rings. The van der Waals surface area contributed by atoms with Gasteiger partial charge in [-0.1, -0.05) is 59.8 Å². The van der Waals surface area contributed by atoms with E-state index >= 15 is 0 Å². The van der Waals surface area contributed by atoms with Crippen LogP contribution in [0.1, 0.15) is 44.1 Å². The lowest BCUT2D eigenvalue weighted by molar-refractivity contribution is -0.129. The number of benzene rings is 1. The number of hydrogen-bond donors (Lipinski definition) is 1. The Morgan fingerprint density at radius 3 is 2.50 bits per heavy atom. The van der Waals surface area contributed by atoms with Crippen LogP contribution >= 0.6 is 15.9 Å². The molecule has 1 saturated carbocycles. The van der Waals surface area contributed by atoms with Crippen molar-refractivity contribution >= 4 is 21.8 Å². The summed E-state index contributed by atoms with van der Waals surface area (Å²) in [6, 6.07) is 10.1. The molecule has 0 aliphatic heterocycles. The predicted octanol–water partition coefficient (Wildman–Crippen LogP) is 3.93. The van der Waals surface area contributed by atoms with E-state index in [9.17, 15) is 10.1 Å². The third-order valence-corrected chi connectivity index (χ3v) is 4.78. The first kappa shape index (κ1) is 15.1. The van der Waals surface area contributed by atoms with Crippen molar-refractivity contribution < 1.29 is 4.79 Å². The molecule has 3 nitrogen and oxygen atoms in total. The van der Waals surface area contributed by atoms with E-state index in [1.165, 1.54) is 0 Å². The molecular formula is C16H19BrN2O. The quantitative estimate of drug-likeness (QED) is 0.851. The van der Waals surface area contributed by atoms with Crippen molar-refractivity contribution in [3.05, 3.63) is 34.3 Å². The number of nitrogens with one attached hydrogen (secondary N) is 1. The Hall–Kier alpha value is -1.34. The largest absolute Gasteiger partial charge is 0.351 e. The van der Waals surface area contributed by atoms with Crippen molar-refractivity contribution in [3.8, 4) is 6.07 Å². The first-order chi connectivity index (χ1) is 9.68. The van der Waals surface area contributed by atoms with Gasteiger partial charge in [-0.2, -0.15) is 5.26 Å². The first-order valence-corrected chi connectivity index (χ1v) is 7.90. The number of carbonyl (C=O) groups is 1. The van der Waals surface area contributed by atoms with E-state index in [0.29, 0.717) is 19.4 Å². The van der Waals surface area contributed by atoms with E-state index in [4.69, 9.17) is 0 Å². The minimum Gasteiger partial charge on any atom is -0.351 e. The summed E-state index contributed by atoms with van der Waals surface area (Å²) >= 11 is 3.47. The lowest BCUT2D eigenvalue weighted by atomic mass is 9.81. The number of amides is 1. The van der Waals surface area contributed by atoms with Gasteiger partial charge in [-0.25, -0.2) is 0 Å². The molecule has 20 heavy (non-hydrogen) atoms. The molecule has 1 aliphatic carbocycles. The predicted molar refractivity (Wildman–Crippen MR) is 81.7 cm³/mol. The zero-order valence-electron chi connectivity index (χ0n) is 11.5. The highest BCUT2D eigenvalue weighted by atomic mass is 79.9. The molecule has 0 saturated heterocycles. The summed E-state index contributed by atoms with van der Waals surface area (Å²) in [5, 5.41) is 12.4. The molecule has 0 aromatic heterocycles. The Kier molecular flexibility index (Phi) is 5.19. The maximum atomic E-state index is 12.4. The van der Waals surface area contributed by atoms with Crippen LogP contribution in [0.15, 0.2) is 28.7 Å². The van der Waals surface area contributed by atoms with E-state index < -0.39 is 5.41 Å². The number of nitrogens with zero attached hydrogens (tertiary/aromatic N) is 1. The molecule has 0 heterocycles. The van der Waals surface area contributed by atoms with E-state index in [1.54, 1.807) is 0 Å². The Bertz CT molecular complexity index is 513. The third kappa shape index (κ3) is 3.40. The smallest absolute Gasteiger partial charge is 0.240 e. The van der Waals surface area contributed by atoms with Crippen LogP contribution in [-0.2, 0) is 11.3 Å². The van der Waals surface area contributed by atoms with E-state index in [0.717, 1.165) is 35.7 Å². The molecule has 2 rings (SSSR count). The number of hydrogen-bond acceptors (Lipinski definition) is 2. The number of nitriles is 1. The monoisotopic (exact) mass is 334 g/mol. The summed E-state index contributed by atoms with van der Waals surface area (Å²) in [6.45, 7) is 0.462. The second-order valence-corrected chi connectivity index (χ2v) is 6.24. The fourth-order valence-corrected chi connectivity index (χ4v) is 3.13. The van der Waals surface area contributed by atoms with Crippen LogP contribution in [0.25, 0.3) is 0 Å². The average Bonchev–Trinajstić information content (AvgIpc) is 2.72. The highest BCUT2D eigenvalue weighted by molar-refractivity contribution is 9.10. The van der Waals surface area contributed by atoms with Gasteiger partial charge in [0.15, 0.2) is 0 Å². The van der Waals surface area contributed by atoms with Gasteiger partial charge in [-0.3, -0.25) is 4.79 Å². The van der Waals surface area contributed by atoms with E-state index in [2.05, 4.69) is 27.3 Å². The van der Waals surface area contributed by atoms with Crippen molar-refractivity contribution in [3.63, 3.8) is 0 Å². The molecule has 1 aromatic rings. The number of carbonyl (C=O) groups excluding carboxylic acids is 1. The van der Waals surface area contributed by atoms with Gasteiger partial charge in [-0.05, 0) is 24.5 Å². The summed E-state index contributed by atoms with van der Waals surface area (Å²) in [5.74, 6) is -0.113. The molecule has 0 spiro atoms. The van der Waals surface area contributed by atoms with Gasteiger partial charge in [0.2, 0.25) is 5.91 Å². The molecule has 1 N–H and O–H groups in total. The second kappa shape index (κ2) is 6.90. The molecule has 0 unspecified atom stereocenters. The van der Waals surface area contributed by atoms with Crippen molar-refractivity contribution in [2.45, 2.75) is 45.1 Å². The summed E-state index contributed by atoms with van der Waals surface area (Å²) in [6.07, 6.45) is 5.56. The van der Waals surface area contributed by atoms with Gasteiger partial charge >= 0.3 is 0 Å². The molecule has 0 radical (unpaired) electrons. The zero-order chi connectivity index (χ0) is 14.4. The van der Waals surface area contributed by atoms with Crippen molar-refractivity contribution in [2.24, 2.45) is 5.41 Å². The van der Waals surface area contributed by atoms with Crippen LogP contribution in [0.2, 0.25) is 0 Å². The standard InChI is InChI=1S/C16H19BrN2O/c17-14-8-4-3-7-13(14)11-19-15(20)16(12-18)9-5-1-2-6-10-16/h3-4,7-8H,1-2,5-6,9-11H2,(H,19,20). The minimum atomic E-state index is -0.822. The molecular weight excluding hydrogens is 316 g/mol. The van der Waals surface area contributed by atoms with Crippen LogP contribution in [0.5, 0.6) is 0 Å². The van der Waals surface area contributed by atoms with E-state index in [-0.39, 0.29) is 5.91 Å². The van der Waals surface area contributed by atoms with Crippen LogP contribution in [0, 0.1) is 16.7 Å². The van der Waals surface area contributed by atoms with Gasteiger partial charge in [0.25, 0.3) is 0 Å². The lowest BCUT2D eigenvalue weighted by Crippen LogP contribution is -2.39. The van der Waals surface area contributed by atoms with E-state index in [1.807, 2.05) is 24.3 Å². The van der Waals surface area contributed by atoms with Gasteiger partial charge in [0.05, 0.1) is 6.07 Å². The van der Waals surface area contributed by atoms with Gasteiger partial charge in [0, 0.05) is 11.0 Å². The normalized spacial score (nSPS) is 17.8. The fourth-order valence-electron chi connectivity index (χ4n) is 2.71. The van der Waals surface area contributed by atoms with Crippen molar-refractivity contribution in [1.29, 1.82) is 5.26 Å². The maximum Gasteiger partial charge on any atom is 0.240 e. The number of rotatable bonds is 3. The third-order valence-electron chi connectivity index (χ3n) is 4.00. The Morgan fingerprint density at radius 2 is 1.90 bits per heavy atom. The Labute approximate surface area is 128 Å². The van der Waals surface area contributed by atoms with Crippen LogP contribution in [0.4, 0.5) is 0 Å². The summed E-state index contributed by atoms with van der Waals surface area (Å²) < 4.78 is 0.979. The lowest BCUT2D eigenvalue weighted by Gasteiger charge is -2.23. The Balaban J connectivity index is 2.03. The fraction of sp³-hybridized carbons (Fsp3) is 0.500. The second-order valence-electron chi connectivity index (χ2n) is 5.38. The maximum absolute atomic E-state index is 12.4. The number of halogens is 1. The summed E-state index contributed by atoms with van der Waals surface area (Å²) in [5.41, 5.74) is 0.208.